The maximum Gasteiger partial charge on any atom is 0.0599 e. The summed E-state index contributed by atoms with van der Waals surface area (Å²) in [5, 5.41) is 4.14. The van der Waals surface area contributed by atoms with Gasteiger partial charge in [-0.2, -0.15) is 11.8 Å². The lowest BCUT2D eigenvalue weighted by Gasteiger charge is -2.19. The van der Waals surface area contributed by atoms with E-state index in [1.54, 1.807) is 0 Å². The molecule has 0 fully saturated rings. The Hall–Kier alpha value is 0.270. The second-order valence-corrected chi connectivity index (χ2v) is 5.82. The molecule has 0 bridgehead atoms. The van der Waals surface area contributed by atoms with Crippen LogP contribution in [0.25, 0.3) is 0 Å². The summed E-state index contributed by atoms with van der Waals surface area (Å²) < 4.78 is 5.59. The monoisotopic (exact) mass is 219 g/mol. The normalized spacial score (nSPS) is 14.4. The molecule has 0 rings (SSSR count). The molecule has 0 aliphatic carbocycles. The third-order valence-corrected chi connectivity index (χ3v) is 2.98. The van der Waals surface area contributed by atoms with Crippen molar-refractivity contribution in [1.29, 1.82) is 0 Å². The van der Waals surface area contributed by atoms with E-state index in [0.717, 1.165) is 24.9 Å². The van der Waals surface area contributed by atoms with Gasteiger partial charge in [-0.3, -0.25) is 0 Å². The summed E-state index contributed by atoms with van der Waals surface area (Å²) in [6.45, 7) is 11.4. The average Bonchev–Trinajstić information content (AvgIpc) is 2.08. The summed E-state index contributed by atoms with van der Waals surface area (Å²) in [7, 11) is 0. The number of hydrogen-bond donors (Lipinski definition) is 1. The summed E-state index contributed by atoms with van der Waals surface area (Å²) in [6.07, 6.45) is 3.39. The van der Waals surface area contributed by atoms with E-state index in [2.05, 4.69) is 39.3 Å². The van der Waals surface area contributed by atoms with Crippen LogP contribution in [0.15, 0.2) is 0 Å². The zero-order chi connectivity index (χ0) is 11.0. The van der Waals surface area contributed by atoms with Crippen molar-refractivity contribution in [3.63, 3.8) is 0 Å². The number of thioether (sulfide) groups is 1. The van der Waals surface area contributed by atoms with Crippen LogP contribution in [-0.2, 0) is 4.74 Å². The lowest BCUT2D eigenvalue weighted by molar-refractivity contribution is -0.000745. The van der Waals surface area contributed by atoms with Crippen molar-refractivity contribution in [3.05, 3.63) is 0 Å². The fourth-order valence-electron chi connectivity index (χ4n) is 0.978. The van der Waals surface area contributed by atoms with Crippen molar-refractivity contribution in [1.82, 2.24) is 5.32 Å². The summed E-state index contributed by atoms with van der Waals surface area (Å²) in [6, 6.07) is 0. The molecule has 0 aromatic carbocycles. The zero-order valence-electron chi connectivity index (χ0n) is 10.2. The van der Waals surface area contributed by atoms with Crippen LogP contribution in [0, 0.1) is 0 Å². The van der Waals surface area contributed by atoms with Gasteiger partial charge in [-0.15, -0.1) is 0 Å². The van der Waals surface area contributed by atoms with E-state index < -0.39 is 0 Å². The topological polar surface area (TPSA) is 21.3 Å². The van der Waals surface area contributed by atoms with Gasteiger partial charge in [0, 0.05) is 11.8 Å². The Balaban J connectivity index is 3.14. The largest absolute Gasteiger partial charge is 0.375 e. The fraction of sp³-hybridized carbons (Fsp3) is 1.00. The van der Waals surface area contributed by atoms with Crippen LogP contribution in [0.1, 0.15) is 34.1 Å². The Morgan fingerprint density at radius 3 is 2.43 bits per heavy atom. The van der Waals surface area contributed by atoms with Gasteiger partial charge in [-0.1, -0.05) is 6.92 Å². The molecule has 0 amide bonds. The van der Waals surface area contributed by atoms with Crippen LogP contribution in [0.3, 0.4) is 0 Å². The van der Waals surface area contributed by atoms with Crippen molar-refractivity contribution in [2.24, 2.45) is 0 Å². The minimum Gasteiger partial charge on any atom is -0.375 e. The molecule has 14 heavy (non-hydrogen) atoms. The van der Waals surface area contributed by atoms with Crippen LogP contribution in [0.2, 0.25) is 0 Å². The number of rotatable bonds is 7. The van der Waals surface area contributed by atoms with Crippen molar-refractivity contribution in [2.45, 2.75) is 45.0 Å². The molecule has 3 heteroatoms. The predicted octanol–water partition coefficient (Wildman–Crippen LogP) is 2.53. The van der Waals surface area contributed by atoms with Gasteiger partial charge in [0.2, 0.25) is 0 Å². The lowest BCUT2D eigenvalue weighted by atomic mass is 10.2. The van der Waals surface area contributed by atoms with Crippen molar-refractivity contribution >= 4 is 11.8 Å². The molecule has 1 unspecified atom stereocenters. The van der Waals surface area contributed by atoms with Crippen LogP contribution in [-0.4, -0.2) is 36.8 Å². The Morgan fingerprint density at radius 1 is 1.29 bits per heavy atom. The van der Waals surface area contributed by atoms with E-state index >= 15 is 0 Å². The van der Waals surface area contributed by atoms with Crippen LogP contribution in [0.4, 0.5) is 0 Å². The third-order valence-electron chi connectivity index (χ3n) is 1.94. The first-order valence-electron chi connectivity index (χ1n) is 5.33. The molecule has 0 aliphatic heterocycles. The first-order chi connectivity index (χ1) is 6.45. The van der Waals surface area contributed by atoms with Crippen LogP contribution in [0.5, 0.6) is 0 Å². The van der Waals surface area contributed by atoms with Gasteiger partial charge in [0.25, 0.3) is 0 Å². The SMILES string of the molecule is CSC(C)CCNCCOC(C)(C)C. The first kappa shape index (κ1) is 14.3. The molecular weight excluding hydrogens is 194 g/mol. The average molecular weight is 219 g/mol. The van der Waals surface area contributed by atoms with E-state index in [4.69, 9.17) is 4.74 Å². The van der Waals surface area contributed by atoms with Gasteiger partial charge in [-0.25, -0.2) is 0 Å². The van der Waals surface area contributed by atoms with Gasteiger partial charge in [-0.05, 0) is 40.0 Å². The Bertz CT molecular complexity index is 134. The molecule has 0 saturated heterocycles. The minimum atomic E-state index is -0.00571. The summed E-state index contributed by atoms with van der Waals surface area (Å²) in [5.41, 5.74) is -0.00571. The summed E-state index contributed by atoms with van der Waals surface area (Å²) in [4.78, 5) is 0. The molecule has 1 atom stereocenters. The van der Waals surface area contributed by atoms with E-state index in [9.17, 15) is 0 Å². The standard InChI is InChI=1S/C11H25NOS/c1-10(14-5)6-7-12-8-9-13-11(2,3)4/h10,12H,6-9H2,1-5H3. The molecule has 1 N–H and O–H groups in total. The van der Waals surface area contributed by atoms with E-state index in [-0.39, 0.29) is 5.60 Å². The smallest absolute Gasteiger partial charge is 0.0599 e. The number of ether oxygens (including phenoxy) is 1. The zero-order valence-corrected chi connectivity index (χ0v) is 11.0. The molecule has 2 nitrogen and oxygen atoms in total. The Kier molecular flexibility index (Phi) is 7.69. The van der Waals surface area contributed by atoms with E-state index in [0.29, 0.717) is 0 Å². The van der Waals surface area contributed by atoms with Crippen molar-refractivity contribution in [2.75, 3.05) is 26.0 Å². The Labute approximate surface area is 93.2 Å². The second kappa shape index (κ2) is 7.55. The van der Waals surface area contributed by atoms with Crippen molar-refractivity contribution in [3.8, 4) is 0 Å². The second-order valence-electron chi connectivity index (χ2n) is 4.55. The molecule has 0 aromatic heterocycles. The molecule has 0 aromatic rings. The highest BCUT2D eigenvalue weighted by Gasteiger charge is 2.08. The quantitative estimate of drug-likeness (QED) is 0.665. The first-order valence-corrected chi connectivity index (χ1v) is 6.62. The van der Waals surface area contributed by atoms with Gasteiger partial charge in [0.15, 0.2) is 0 Å². The van der Waals surface area contributed by atoms with E-state index in [1.165, 1.54) is 6.42 Å². The van der Waals surface area contributed by atoms with E-state index in [1.807, 2.05) is 11.8 Å². The van der Waals surface area contributed by atoms with Crippen LogP contribution < -0.4 is 5.32 Å². The highest BCUT2D eigenvalue weighted by Crippen LogP contribution is 2.08. The minimum absolute atomic E-state index is 0.00571. The molecule has 0 radical (unpaired) electrons. The van der Waals surface area contributed by atoms with Gasteiger partial charge in [0.05, 0.1) is 12.2 Å². The molecular formula is C11H25NOS. The van der Waals surface area contributed by atoms with Crippen molar-refractivity contribution < 1.29 is 4.74 Å². The fourth-order valence-corrected chi connectivity index (χ4v) is 1.33. The molecule has 0 spiro atoms. The molecule has 0 aliphatic rings. The highest BCUT2D eigenvalue weighted by atomic mass is 32.2. The molecule has 86 valence electrons. The maximum absolute atomic E-state index is 5.59. The third kappa shape index (κ3) is 10.4. The number of hydrogen-bond acceptors (Lipinski definition) is 3. The number of nitrogens with one attached hydrogen (secondary N) is 1. The van der Waals surface area contributed by atoms with Crippen LogP contribution >= 0.6 is 11.8 Å². The van der Waals surface area contributed by atoms with Gasteiger partial charge in [0.1, 0.15) is 0 Å². The maximum atomic E-state index is 5.59. The van der Waals surface area contributed by atoms with Gasteiger partial charge < -0.3 is 10.1 Å². The van der Waals surface area contributed by atoms with Gasteiger partial charge >= 0.3 is 0 Å². The molecule has 0 heterocycles. The summed E-state index contributed by atoms with van der Waals surface area (Å²) in [5.74, 6) is 0. The summed E-state index contributed by atoms with van der Waals surface area (Å²) >= 11 is 1.92. The lowest BCUT2D eigenvalue weighted by Crippen LogP contribution is -2.27. The highest BCUT2D eigenvalue weighted by molar-refractivity contribution is 7.99. The predicted molar refractivity (Wildman–Crippen MR) is 66.2 cm³/mol. The molecule has 0 saturated carbocycles. The Morgan fingerprint density at radius 2 is 1.93 bits per heavy atom.